The van der Waals surface area contributed by atoms with Crippen molar-refractivity contribution in [2.75, 3.05) is 28.2 Å². The second kappa shape index (κ2) is 9.76. The Morgan fingerprint density at radius 2 is 2.22 bits per heavy atom. The topological polar surface area (TPSA) is 96.5 Å². The fourth-order valence-corrected chi connectivity index (χ4v) is 4.02. The molecule has 3 rings (SSSR count). The molecule has 1 heterocycles. The molecule has 11 heteroatoms. The van der Waals surface area contributed by atoms with Crippen molar-refractivity contribution in [1.82, 2.24) is 9.97 Å². The minimum Gasteiger partial charge on any atom is -0.368 e. The number of carbonyl (C=O) groups is 1. The van der Waals surface area contributed by atoms with Crippen molar-refractivity contribution in [3.05, 3.63) is 35.8 Å². The van der Waals surface area contributed by atoms with E-state index in [2.05, 4.69) is 19.7 Å². The number of hydrogen-bond acceptors (Lipinski definition) is 8. The van der Waals surface area contributed by atoms with Gasteiger partial charge in [-0.2, -0.15) is 4.98 Å². The van der Waals surface area contributed by atoms with Crippen molar-refractivity contribution >= 4 is 47.1 Å². The van der Waals surface area contributed by atoms with Gasteiger partial charge in [-0.3, -0.25) is 4.79 Å². The van der Waals surface area contributed by atoms with Gasteiger partial charge in [0.2, 0.25) is 5.95 Å². The van der Waals surface area contributed by atoms with E-state index in [0.717, 1.165) is 18.0 Å². The van der Waals surface area contributed by atoms with Crippen LogP contribution in [0.2, 0.25) is 0 Å². The van der Waals surface area contributed by atoms with Crippen LogP contribution < -0.4 is 15.4 Å². The summed E-state index contributed by atoms with van der Waals surface area (Å²) in [6, 6.07) is 4.22. The average molecular weight is 467 g/mol. The zero-order valence-electron chi connectivity index (χ0n) is 18.0. The molecule has 32 heavy (non-hydrogen) atoms. The van der Waals surface area contributed by atoms with Crippen LogP contribution in [-0.4, -0.2) is 46.7 Å². The second-order valence-electron chi connectivity index (χ2n) is 7.86. The maximum atomic E-state index is 14.6. The first-order valence-electron chi connectivity index (χ1n) is 10.1. The Balaban J connectivity index is 1.79. The van der Waals surface area contributed by atoms with Crippen LogP contribution in [0.1, 0.15) is 32.3 Å². The van der Waals surface area contributed by atoms with E-state index in [0.29, 0.717) is 24.2 Å². The lowest BCUT2D eigenvalue weighted by Crippen LogP contribution is -2.40. The number of nitrogens with two attached hydrogens (primary N) is 1. The van der Waals surface area contributed by atoms with E-state index >= 15 is 0 Å². The number of nitrogens with zero attached hydrogens (tertiary/aromatic N) is 4. The normalized spacial score (nSPS) is 17.7. The van der Waals surface area contributed by atoms with Gasteiger partial charge in [-0.05, 0) is 32.4 Å². The highest BCUT2D eigenvalue weighted by molar-refractivity contribution is 8.00. The second-order valence-corrected chi connectivity index (χ2v) is 8.69. The number of halogens is 3. The van der Waals surface area contributed by atoms with Gasteiger partial charge in [0, 0.05) is 36.7 Å². The van der Waals surface area contributed by atoms with Gasteiger partial charge in [-0.15, -0.1) is 0 Å². The van der Waals surface area contributed by atoms with Crippen molar-refractivity contribution in [3.63, 3.8) is 0 Å². The van der Waals surface area contributed by atoms with Crippen molar-refractivity contribution in [3.8, 4) is 0 Å². The highest BCUT2D eigenvalue weighted by Crippen LogP contribution is 2.44. The summed E-state index contributed by atoms with van der Waals surface area (Å²) in [5, 5.41) is 0. The molecule has 7 nitrogen and oxygen atoms in total. The first-order chi connectivity index (χ1) is 15.1. The van der Waals surface area contributed by atoms with E-state index in [-0.39, 0.29) is 41.1 Å². The van der Waals surface area contributed by atoms with E-state index < -0.39 is 17.7 Å². The molecule has 1 unspecified atom stereocenters. The average Bonchev–Trinajstić information content (AvgIpc) is 2.75. The van der Waals surface area contributed by atoms with Crippen molar-refractivity contribution in [1.29, 1.82) is 0 Å². The molecule has 1 saturated carbocycles. The lowest BCUT2D eigenvalue weighted by molar-refractivity contribution is -0.121. The lowest BCUT2D eigenvalue weighted by Gasteiger charge is -2.35. The molecule has 1 aromatic heterocycles. The van der Waals surface area contributed by atoms with E-state index in [9.17, 15) is 18.0 Å². The molecule has 3 N–H and O–H groups in total. The molecule has 0 amide bonds. The Morgan fingerprint density at radius 1 is 1.47 bits per heavy atom. The van der Waals surface area contributed by atoms with Gasteiger partial charge in [0.1, 0.15) is 17.2 Å². The van der Waals surface area contributed by atoms with E-state index in [1.165, 1.54) is 18.3 Å². The summed E-state index contributed by atoms with van der Waals surface area (Å²) < 4.78 is 44.0. The number of nitrogen functional groups attached to an aromatic ring is 1. The van der Waals surface area contributed by atoms with Crippen molar-refractivity contribution in [2.45, 2.75) is 38.7 Å². The van der Waals surface area contributed by atoms with Gasteiger partial charge in [-0.25, -0.2) is 23.1 Å². The number of benzene rings is 1. The quantitative estimate of drug-likeness (QED) is 0.320. The molecular formula is C21H25F3N6OS. The van der Waals surface area contributed by atoms with E-state index in [4.69, 9.17) is 5.73 Å². The molecule has 1 aromatic carbocycles. The Kier molecular flexibility index (Phi) is 7.27. The molecule has 172 valence electrons. The number of aldehydes is 1. The molecule has 0 aliphatic heterocycles. The summed E-state index contributed by atoms with van der Waals surface area (Å²) >= 11 is 1.03. The Hall–Kier alpha value is -2.82. The van der Waals surface area contributed by atoms with Crippen LogP contribution in [0.25, 0.3) is 0 Å². The van der Waals surface area contributed by atoms with Crippen LogP contribution in [0.5, 0.6) is 0 Å². The molecule has 0 radical (unpaired) electrons. The van der Waals surface area contributed by atoms with E-state index in [1.54, 1.807) is 0 Å². The van der Waals surface area contributed by atoms with Crippen molar-refractivity contribution < 1.29 is 18.0 Å². The molecule has 0 bridgehead atoms. The van der Waals surface area contributed by atoms with Gasteiger partial charge < -0.3 is 15.4 Å². The summed E-state index contributed by atoms with van der Waals surface area (Å²) in [5.41, 5.74) is 6.40. The minimum atomic E-state index is -2.64. The van der Waals surface area contributed by atoms with Gasteiger partial charge in [0.05, 0.1) is 11.9 Å². The number of nitrogens with one attached hydrogen (secondary N) is 1. The van der Waals surface area contributed by atoms with Gasteiger partial charge in [0.15, 0.2) is 12.1 Å². The first-order valence-corrected chi connectivity index (χ1v) is 11.1. The highest BCUT2D eigenvalue weighted by Gasteiger charge is 2.47. The van der Waals surface area contributed by atoms with Crippen molar-refractivity contribution in [2.24, 2.45) is 10.9 Å². The van der Waals surface area contributed by atoms with Crippen LogP contribution >= 0.6 is 11.9 Å². The third-order valence-corrected chi connectivity index (χ3v) is 6.32. The minimum absolute atomic E-state index is 0.0102. The van der Waals surface area contributed by atoms with Gasteiger partial charge >= 0.3 is 0 Å². The van der Waals surface area contributed by atoms with Crippen LogP contribution in [0.4, 0.5) is 36.3 Å². The largest absolute Gasteiger partial charge is 0.368 e. The zero-order valence-corrected chi connectivity index (χ0v) is 18.8. The number of alkyl halides is 2. The number of aromatic nitrogens is 2. The third-order valence-electron chi connectivity index (χ3n) is 5.38. The Morgan fingerprint density at radius 3 is 2.78 bits per heavy atom. The maximum absolute atomic E-state index is 14.6. The summed E-state index contributed by atoms with van der Waals surface area (Å²) in [4.78, 5) is 26.0. The predicted molar refractivity (Wildman–Crippen MR) is 122 cm³/mol. The molecule has 1 aliphatic rings. The molecular weight excluding hydrogens is 441 g/mol. The van der Waals surface area contributed by atoms with Crippen LogP contribution in [0.3, 0.4) is 0 Å². The molecule has 0 saturated heterocycles. The fourth-order valence-electron chi connectivity index (χ4n) is 3.00. The maximum Gasteiger partial charge on any atom is 0.251 e. The molecule has 2 aromatic rings. The SMILES string of the molecule is CC(C)N(C)c1nc(N)ncc1N=C(C=O)c1ccc(NSCC2CCC2(F)F)c(F)c1. The zero-order chi connectivity index (χ0) is 23.5. The van der Waals surface area contributed by atoms with Gasteiger partial charge in [-0.1, -0.05) is 18.0 Å². The molecule has 1 atom stereocenters. The molecule has 1 fully saturated rings. The van der Waals surface area contributed by atoms with Crippen LogP contribution in [0.15, 0.2) is 29.4 Å². The monoisotopic (exact) mass is 466 g/mol. The van der Waals surface area contributed by atoms with Crippen LogP contribution in [-0.2, 0) is 4.79 Å². The van der Waals surface area contributed by atoms with Crippen LogP contribution in [0, 0.1) is 11.7 Å². The van der Waals surface area contributed by atoms with E-state index in [1.807, 2.05) is 25.8 Å². The number of anilines is 3. The Labute approximate surface area is 188 Å². The number of rotatable bonds is 9. The first kappa shape index (κ1) is 23.8. The predicted octanol–water partition coefficient (Wildman–Crippen LogP) is 4.47. The summed E-state index contributed by atoms with van der Waals surface area (Å²) in [6.07, 6.45) is 2.29. The molecule has 1 aliphatic carbocycles. The number of aliphatic imine (C=N–C) groups is 1. The highest BCUT2D eigenvalue weighted by atomic mass is 32.2. The van der Waals surface area contributed by atoms with Gasteiger partial charge in [0.25, 0.3) is 5.92 Å². The molecule has 0 spiro atoms. The third kappa shape index (κ3) is 5.32. The summed E-state index contributed by atoms with van der Waals surface area (Å²) in [5.74, 6) is -3.28. The fraction of sp³-hybridized carbons (Fsp3) is 0.429. The Bertz CT molecular complexity index is 1020. The standard InChI is InChI=1S/C21H25F3N6OS/c1-12(2)30(3)19-17(9-26-20(25)28-19)27-18(10-31)13-4-5-16(15(22)8-13)29-32-11-14-6-7-21(14,23)24/h4-5,8-10,12,14,29H,6-7,11H2,1-3H3,(H2,25,26,28). The number of hydrogen-bond donors (Lipinski definition) is 2. The summed E-state index contributed by atoms with van der Waals surface area (Å²) in [7, 11) is 1.81. The smallest absolute Gasteiger partial charge is 0.251 e. The number of carbonyl (C=O) groups excluding carboxylic acids is 1. The summed E-state index contributed by atoms with van der Waals surface area (Å²) in [6.45, 7) is 3.91. The lowest BCUT2D eigenvalue weighted by atomic mass is 9.82.